The first-order valence-corrected chi connectivity index (χ1v) is 10.5. The van der Waals surface area contributed by atoms with Crippen molar-refractivity contribution in [1.29, 1.82) is 0 Å². The van der Waals surface area contributed by atoms with Gasteiger partial charge < -0.3 is 18.8 Å². The Balaban J connectivity index is 1.40. The first kappa shape index (κ1) is 21.8. The summed E-state index contributed by atoms with van der Waals surface area (Å²) < 4.78 is 25.5. The van der Waals surface area contributed by atoms with Crippen molar-refractivity contribution in [2.75, 3.05) is 42.5 Å². The molecule has 0 radical (unpaired) electrons. The fourth-order valence-corrected chi connectivity index (χ4v) is 3.85. The third-order valence-electron chi connectivity index (χ3n) is 5.53. The number of hydrogen-bond acceptors (Lipinski definition) is 7. The number of cyclic esters (lactones) is 1. The molecule has 2 aliphatic heterocycles. The zero-order valence-electron chi connectivity index (χ0n) is 17.8. The summed E-state index contributed by atoms with van der Waals surface area (Å²) in [6, 6.07) is 7.87. The molecule has 32 heavy (non-hydrogen) atoms. The van der Waals surface area contributed by atoms with Crippen molar-refractivity contribution in [2.45, 2.75) is 25.9 Å². The SMILES string of the molecule is CC(=O)CC[C@H]1CN(c2ccc(N3CCNN(C(=O)c4ccco4)CC3)c(F)c2)C(=O)O1. The minimum Gasteiger partial charge on any atom is -0.459 e. The molecule has 170 valence electrons. The number of halogens is 1. The van der Waals surface area contributed by atoms with Gasteiger partial charge in [-0.1, -0.05) is 0 Å². The maximum Gasteiger partial charge on any atom is 0.414 e. The molecule has 2 saturated heterocycles. The molecule has 0 unspecified atom stereocenters. The first-order chi connectivity index (χ1) is 15.4. The van der Waals surface area contributed by atoms with Crippen molar-refractivity contribution in [3.8, 4) is 0 Å². The smallest absolute Gasteiger partial charge is 0.414 e. The van der Waals surface area contributed by atoms with E-state index < -0.39 is 11.9 Å². The average molecular weight is 444 g/mol. The Morgan fingerprint density at radius 3 is 2.78 bits per heavy atom. The van der Waals surface area contributed by atoms with Crippen molar-refractivity contribution < 1.29 is 27.9 Å². The monoisotopic (exact) mass is 444 g/mol. The predicted molar refractivity (Wildman–Crippen MR) is 114 cm³/mol. The molecule has 2 amide bonds. The number of carbonyl (C=O) groups is 3. The summed E-state index contributed by atoms with van der Waals surface area (Å²) in [5.41, 5.74) is 3.84. The number of hydrogen-bond donors (Lipinski definition) is 1. The number of rotatable bonds is 6. The van der Waals surface area contributed by atoms with Gasteiger partial charge in [0.25, 0.3) is 0 Å². The molecule has 0 aliphatic carbocycles. The van der Waals surface area contributed by atoms with Crippen molar-refractivity contribution >= 4 is 29.2 Å². The number of nitrogens with one attached hydrogen (secondary N) is 1. The normalized spacial score (nSPS) is 19.1. The highest BCUT2D eigenvalue weighted by Gasteiger charge is 2.33. The highest BCUT2D eigenvalue weighted by Crippen LogP contribution is 2.29. The summed E-state index contributed by atoms with van der Waals surface area (Å²) in [5, 5.41) is 1.46. The van der Waals surface area contributed by atoms with Gasteiger partial charge in [0, 0.05) is 26.1 Å². The summed E-state index contributed by atoms with van der Waals surface area (Å²) in [4.78, 5) is 39.1. The minimum atomic E-state index is -0.545. The van der Waals surface area contributed by atoms with E-state index in [9.17, 15) is 18.8 Å². The largest absolute Gasteiger partial charge is 0.459 e. The van der Waals surface area contributed by atoms with Gasteiger partial charge in [0.05, 0.1) is 30.7 Å². The van der Waals surface area contributed by atoms with Crippen LogP contribution in [0.15, 0.2) is 41.0 Å². The third kappa shape index (κ3) is 4.75. The van der Waals surface area contributed by atoms with E-state index >= 15 is 0 Å². The van der Waals surface area contributed by atoms with Crippen molar-refractivity contribution in [2.24, 2.45) is 0 Å². The van der Waals surface area contributed by atoms with Crippen LogP contribution in [0, 0.1) is 5.82 Å². The summed E-state index contributed by atoms with van der Waals surface area (Å²) in [7, 11) is 0. The van der Waals surface area contributed by atoms with Gasteiger partial charge in [0.1, 0.15) is 17.7 Å². The molecule has 9 nitrogen and oxygen atoms in total. The van der Waals surface area contributed by atoms with Gasteiger partial charge in [-0.3, -0.25) is 14.7 Å². The lowest BCUT2D eigenvalue weighted by atomic mass is 10.1. The molecule has 0 saturated carbocycles. The second-order valence-corrected chi connectivity index (χ2v) is 7.82. The quantitative estimate of drug-likeness (QED) is 0.732. The van der Waals surface area contributed by atoms with Crippen LogP contribution in [0.3, 0.4) is 0 Å². The maximum absolute atomic E-state index is 15.0. The van der Waals surface area contributed by atoms with Crippen molar-refractivity contribution in [3.05, 3.63) is 48.2 Å². The fourth-order valence-electron chi connectivity index (χ4n) is 3.85. The standard InChI is InChI=1S/C22H25FN4O5/c1-15(28)4-6-17-14-26(22(30)32-17)16-5-7-19(18(23)13-16)25-9-8-24-27(11-10-25)21(29)20-3-2-12-31-20/h2-3,5,7,12-13,17,24H,4,6,8-11,14H2,1H3/t17-/m0/s1. The molecule has 0 spiro atoms. The molecule has 1 aromatic carbocycles. The molecule has 1 N–H and O–H groups in total. The lowest BCUT2D eigenvalue weighted by Gasteiger charge is -2.24. The summed E-state index contributed by atoms with van der Waals surface area (Å²) in [5.74, 6) is -0.473. The number of carbonyl (C=O) groups excluding carboxylic acids is 3. The van der Waals surface area contributed by atoms with Crippen molar-refractivity contribution in [3.63, 3.8) is 0 Å². The van der Waals surface area contributed by atoms with Crippen LogP contribution in [0.4, 0.5) is 20.6 Å². The zero-order chi connectivity index (χ0) is 22.7. The highest BCUT2D eigenvalue weighted by molar-refractivity contribution is 5.91. The molecular formula is C22H25FN4O5. The number of hydrazine groups is 1. The average Bonchev–Trinajstić information content (AvgIpc) is 3.36. The van der Waals surface area contributed by atoms with Gasteiger partial charge in [-0.2, -0.15) is 0 Å². The summed E-state index contributed by atoms with van der Waals surface area (Å²) in [6.07, 6.45) is 1.30. The number of amides is 2. The number of ether oxygens (including phenoxy) is 1. The van der Waals surface area contributed by atoms with Crippen LogP contribution in [0.1, 0.15) is 30.3 Å². The molecule has 2 aliphatic rings. The fraction of sp³-hybridized carbons (Fsp3) is 0.409. The Kier molecular flexibility index (Phi) is 6.40. The van der Waals surface area contributed by atoms with Gasteiger partial charge in [0.15, 0.2) is 5.76 Å². The number of Topliss-reactive ketones (excluding diaryl/α,β-unsaturated/α-hetero) is 1. The Morgan fingerprint density at radius 2 is 2.06 bits per heavy atom. The Hall–Kier alpha value is -3.40. The van der Waals surface area contributed by atoms with Crippen LogP contribution < -0.4 is 15.2 Å². The summed E-state index contributed by atoms with van der Waals surface area (Å²) in [6.45, 7) is 3.49. The van der Waals surface area contributed by atoms with Gasteiger partial charge in [-0.15, -0.1) is 0 Å². The van der Waals surface area contributed by atoms with E-state index in [1.807, 2.05) is 4.90 Å². The topological polar surface area (TPSA) is 95.3 Å². The van der Waals surface area contributed by atoms with E-state index in [4.69, 9.17) is 9.15 Å². The molecule has 4 rings (SSSR count). The Labute approximate surface area is 184 Å². The first-order valence-electron chi connectivity index (χ1n) is 10.5. The van der Waals surface area contributed by atoms with E-state index in [-0.39, 0.29) is 30.1 Å². The molecule has 2 aromatic rings. The number of nitrogens with zero attached hydrogens (tertiary/aromatic N) is 3. The van der Waals surface area contributed by atoms with E-state index in [1.165, 1.54) is 29.2 Å². The van der Waals surface area contributed by atoms with Gasteiger partial charge in [0.2, 0.25) is 0 Å². The van der Waals surface area contributed by atoms with E-state index in [0.717, 1.165) is 0 Å². The van der Waals surface area contributed by atoms with Crippen LogP contribution in [0.2, 0.25) is 0 Å². The van der Waals surface area contributed by atoms with Gasteiger partial charge in [-0.25, -0.2) is 14.6 Å². The second-order valence-electron chi connectivity index (χ2n) is 7.82. The summed E-state index contributed by atoms with van der Waals surface area (Å²) >= 11 is 0. The maximum atomic E-state index is 15.0. The predicted octanol–water partition coefficient (Wildman–Crippen LogP) is 2.58. The Bertz CT molecular complexity index is 996. The van der Waals surface area contributed by atoms with E-state index in [1.54, 1.807) is 24.3 Å². The number of furan rings is 1. The lowest BCUT2D eigenvalue weighted by molar-refractivity contribution is -0.117. The minimum absolute atomic E-state index is 0.0336. The molecule has 1 atom stereocenters. The second kappa shape index (κ2) is 9.39. The van der Waals surface area contributed by atoms with Gasteiger partial charge in [-0.05, 0) is 43.7 Å². The molecule has 2 fully saturated rings. The number of benzene rings is 1. The van der Waals surface area contributed by atoms with Crippen LogP contribution >= 0.6 is 0 Å². The number of anilines is 2. The highest BCUT2D eigenvalue weighted by atomic mass is 19.1. The number of ketones is 1. The van der Waals surface area contributed by atoms with Gasteiger partial charge >= 0.3 is 12.0 Å². The van der Waals surface area contributed by atoms with Crippen LogP contribution in [0.25, 0.3) is 0 Å². The van der Waals surface area contributed by atoms with Crippen LogP contribution in [-0.2, 0) is 9.53 Å². The molecule has 0 bridgehead atoms. The molecular weight excluding hydrogens is 419 g/mol. The van der Waals surface area contributed by atoms with Crippen LogP contribution in [-0.4, -0.2) is 61.6 Å². The van der Waals surface area contributed by atoms with E-state index in [0.29, 0.717) is 50.4 Å². The molecule has 3 heterocycles. The zero-order valence-corrected chi connectivity index (χ0v) is 17.8. The molecule has 1 aromatic heterocycles. The lowest BCUT2D eigenvalue weighted by Crippen LogP contribution is -2.43. The third-order valence-corrected chi connectivity index (χ3v) is 5.53. The van der Waals surface area contributed by atoms with E-state index in [2.05, 4.69) is 5.43 Å². The van der Waals surface area contributed by atoms with Crippen molar-refractivity contribution in [1.82, 2.24) is 10.4 Å². The molecule has 10 heteroatoms. The Morgan fingerprint density at radius 1 is 1.22 bits per heavy atom. The van der Waals surface area contributed by atoms with Crippen LogP contribution in [0.5, 0.6) is 0 Å².